The van der Waals surface area contributed by atoms with Gasteiger partial charge in [-0.05, 0) is 71.8 Å². The molecule has 46 heavy (non-hydrogen) atoms. The maximum atomic E-state index is 13.3. The van der Waals surface area contributed by atoms with Crippen molar-refractivity contribution in [1.82, 2.24) is 0 Å². The van der Waals surface area contributed by atoms with Gasteiger partial charge in [0.1, 0.15) is 11.2 Å². The van der Waals surface area contributed by atoms with Gasteiger partial charge in [0.25, 0.3) is 0 Å². The molecule has 9 rings (SSSR count). The van der Waals surface area contributed by atoms with E-state index < -0.39 is 11.2 Å². The van der Waals surface area contributed by atoms with E-state index in [1.54, 1.807) is 0 Å². The predicted octanol–water partition coefficient (Wildman–Crippen LogP) is 9.69. The Balaban J connectivity index is 1.31. The first-order chi connectivity index (χ1) is 22.6. The summed E-state index contributed by atoms with van der Waals surface area (Å²) in [5.74, 6) is 0. The molecular formula is C44H30O2. The Kier molecular flexibility index (Phi) is 5.82. The van der Waals surface area contributed by atoms with Crippen LogP contribution in [-0.4, -0.2) is 10.2 Å². The Morgan fingerprint density at radius 3 is 1.65 bits per heavy atom. The first-order valence-electron chi connectivity index (χ1n) is 15.7. The quantitative estimate of drug-likeness (QED) is 0.215. The molecule has 0 saturated heterocycles. The fourth-order valence-corrected chi connectivity index (χ4v) is 7.75. The first-order valence-corrected chi connectivity index (χ1v) is 15.7. The molecule has 0 saturated carbocycles. The Hall–Kier alpha value is -5.54. The van der Waals surface area contributed by atoms with Gasteiger partial charge < -0.3 is 10.2 Å². The average molecular weight is 591 g/mol. The highest BCUT2D eigenvalue weighted by molar-refractivity contribution is 5.97. The second kappa shape index (κ2) is 9.98. The SMILES string of the molecule is OC1(c2ccc3ccccc3c2)c2ccccc2C(O)(c2ccc(-c3cccc4ccccc34)cc2)c2c1ccc1ccccc21. The summed E-state index contributed by atoms with van der Waals surface area (Å²) in [5, 5.41) is 32.9. The van der Waals surface area contributed by atoms with E-state index in [2.05, 4.69) is 97.1 Å². The lowest BCUT2D eigenvalue weighted by atomic mass is 9.62. The van der Waals surface area contributed by atoms with Crippen LogP contribution >= 0.6 is 0 Å². The van der Waals surface area contributed by atoms with E-state index in [1.807, 2.05) is 72.8 Å². The zero-order chi connectivity index (χ0) is 30.9. The van der Waals surface area contributed by atoms with Crippen LogP contribution in [0.3, 0.4) is 0 Å². The van der Waals surface area contributed by atoms with E-state index in [0.717, 1.165) is 43.8 Å². The summed E-state index contributed by atoms with van der Waals surface area (Å²) in [4.78, 5) is 0. The number of fused-ring (bicyclic) bond motifs is 6. The molecule has 2 nitrogen and oxygen atoms in total. The largest absolute Gasteiger partial charge is 0.376 e. The van der Waals surface area contributed by atoms with Gasteiger partial charge in [-0.1, -0.05) is 164 Å². The summed E-state index contributed by atoms with van der Waals surface area (Å²) >= 11 is 0. The van der Waals surface area contributed by atoms with Crippen LogP contribution in [0.1, 0.15) is 33.4 Å². The molecule has 218 valence electrons. The molecule has 8 aromatic carbocycles. The van der Waals surface area contributed by atoms with Gasteiger partial charge in [0, 0.05) is 11.1 Å². The van der Waals surface area contributed by atoms with Crippen LogP contribution in [-0.2, 0) is 11.2 Å². The van der Waals surface area contributed by atoms with Gasteiger partial charge in [-0.2, -0.15) is 0 Å². The lowest BCUT2D eigenvalue weighted by molar-refractivity contribution is 0.0761. The molecule has 0 fully saturated rings. The zero-order valence-corrected chi connectivity index (χ0v) is 25.1. The third kappa shape index (κ3) is 3.72. The number of hydrogen-bond donors (Lipinski definition) is 2. The van der Waals surface area contributed by atoms with Crippen LogP contribution in [0.4, 0.5) is 0 Å². The highest BCUT2D eigenvalue weighted by Gasteiger charge is 2.51. The van der Waals surface area contributed by atoms with E-state index in [9.17, 15) is 10.2 Å². The Morgan fingerprint density at radius 2 is 0.891 bits per heavy atom. The standard InChI is InChI=1S/C44H30O2/c45-43(35-26-20-29-10-1-2-13-33(29)28-35)39-18-7-8-19-40(39)44(46,42-38-16-6-4-12-31(38)23-27-41(42)43)34-24-21-32(22-25-34)37-17-9-14-30-11-3-5-15-36(30)37/h1-28,45-46H. The number of rotatable bonds is 3. The molecule has 0 aromatic heterocycles. The lowest BCUT2D eigenvalue weighted by Crippen LogP contribution is -2.44. The smallest absolute Gasteiger partial charge is 0.141 e. The minimum absolute atomic E-state index is 0.674. The van der Waals surface area contributed by atoms with Crippen molar-refractivity contribution < 1.29 is 10.2 Å². The fraction of sp³-hybridized carbons (Fsp3) is 0.0455. The minimum atomic E-state index is -1.52. The summed E-state index contributed by atoms with van der Waals surface area (Å²) in [6, 6.07) is 57.4. The molecule has 0 heterocycles. The average Bonchev–Trinajstić information content (AvgIpc) is 3.13. The molecule has 8 aromatic rings. The Morgan fingerprint density at radius 1 is 0.348 bits per heavy atom. The summed E-state index contributed by atoms with van der Waals surface area (Å²) < 4.78 is 0. The van der Waals surface area contributed by atoms with Crippen molar-refractivity contribution in [3.8, 4) is 11.1 Å². The fourth-order valence-electron chi connectivity index (χ4n) is 7.75. The molecule has 2 unspecified atom stereocenters. The monoisotopic (exact) mass is 590 g/mol. The van der Waals surface area contributed by atoms with Crippen LogP contribution in [0.2, 0.25) is 0 Å². The van der Waals surface area contributed by atoms with Crippen molar-refractivity contribution in [2.24, 2.45) is 0 Å². The summed E-state index contributed by atoms with van der Waals surface area (Å²) in [6.45, 7) is 0. The van der Waals surface area contributed by atoms with Gasteiger partial charge in [-0.15, -0.1) is 0 Å². The normalized spacial score (nSPS) is 18.8. The molecular weight excluding hydrogens is 560 g/mol. The van der Waals surface area contributed by atoms with E-state index in [1.165, 1.54) is 10.8 Å². The van der Waals surface area contributed by atoms with E-state index in [-0.39, 0.29) is 0 Å². The molecule has 0 radical (unpaired) electrons. The summed E-state index contributed by atoms with van der Waals surface area (Å²) in [5.41, 5.74) is 3.48. The lowest BCUT2D eigenvalue weighted by Gasteiger charge is -2.45. The predicted molar refractivity (Wildman–Crippen MR) is 188 cm³/mol. The Labute approximate surface area is 267 Å². The van der Waals surface area contributed by atoms with Gasteiger partial charge >= 0.3 is 0 Å². The maximum Gasteiger partial charge on any atom is 0.141 e. The van der Waals surface area contributed by atoms with Crippen molar-refractivity contribution in [2.45, 2.75) is 11.2 Å². The van der Waals surface area contributed by atoms with Crippen molar-refractivity contribution in [3.05, 3.63) is 203 Å². The van der Waals surface area contributed by atoms with E-state index >= 15 is 0 Å². The molecule has 2 N–H and O–H groups in total. The summed E-state index contributed by atoms with van der Waals surface area (Å²) in [7, 11) is 0. The van der Waals surface area contributed by atoms with E-state index in [4.69, 9.17) is 0 Å². The first kappa shape index (κ1) is 26.8. The third-order valence-electron chi connectivity index (χ3n) is 9.96. The zero-order valence-electron chi connectivity index (χ0n) is 25.1. The van der Waals surface area contributed by atoms with Crippen molar-refractivity contribution >= 4 is 32.3 Å². The molecule has 0 aliphatic heterocycles. The maximum absolute atomic E-state index is 13.3. The van der Waals surface area contributed by atoms with Crippen molar-refractivity contribution in [1.29, 1.82) is 0 Å². The number of hydrogen-bond acceptors (Lipinski definition) is 2. The van der Waals surface area contributed by atoms with Crippen LogP contribution in [0.25, 0.3) is 43.4 Å². The number of benzene rings is 8. The van der Waals surface area contributed by atoms with Crippen LogP contribution in [0, 0.1) is 0 Å². The van der Waals surface area contributed by atoms with Crippen LogP contribution in [0.5, 0.6) is 0 Å². The van der Waals surface area contributed by atoms with Gasteiger partial charge in [-0.3, -0.25) is 0 Å². The van der Waals surface area contributed by atoms with Crippen molar-refractivity contribution in [3.63, 3.8) is 0 Å². The summed E-state index contributed by atoms with van der Waals surface area (Å²) in [6.07, 6.45) is 0. The minimum Gasteiger partial charge on any atom is -0.376 e. The molecule has 0 spiro atoms. The molecule has 2 atom stereocenters. The van der Waals surface area contributed by atoms with Crippen molar-refractivity contribution in [2.75, 3.05) is 0 Å². The highest BCUT2D eigenvalue weighted by Crippen LogP contribution is 2.55. The van der Waals surface area contributed by atoms with E-state index in [0.29, 0.717) is 22.3 Å². The van der Waals surface area contributed by atoms with Gasteiger partial charge in [0.2, 0.25) is 0 Å². The third-order valence-corrected chi connectivity index (χ3v) is 9.96. The molecule has 2 heteroatoms. The topological polar surface area (TPSA) is 40.5 Å². The second-order valence-corrected chi connectivity index (χ2v) is 12.3. The van der Waals surface area contributed by atoms with Gasteiger partial charge in [0.15, 0.2) is 0 Å². The molecule has 0 bridgehead atoms. The van der Waals surface area contributed by atoms with Crippen LogP contribution in [0.15, 0.2) is 170 Å². The molecule has 1 aliphatic rings. The van der Waals surface area contributed by atoms with Gasteiger partial charge in [-0.25, -0.2) is 0 Å². The van der Waals surface area contributed by atoms with Crippen LogP contribution < -0.4 is 0 Å². The molecule has 0 amide bonds. The Bertz CT molecular complexity index is 2450. The number of aliphatic hydroxyl groups is 2. The molecule has 1 aliphatic carbocycles. The van der Waals surface area contributed by atoms with Gasteiger partial charge in [0.05, 0.1) is 0 Å². The second-order valence-electron chi connectivity index (χ2n) is 12.3. The highest BCUT2D eigenvalue weighted by atomic mass is 16.3.